The molecule has 2 heterocycles. The third kappa shape index (κ3) is 3.57. The Morgan fingerprint density at radius 2 is 2.19 bits per heavy atom. The van der Waals surface area contributed by atoms with E-state index in [9.17, 15) is 0 Å². The van der Waals surface area contributed by atoms with Gasteiger partial charge < -0.3 is 9.84 Å². The standard InChI is InChI=1S/C15H17Cl2N3O/c1-9-4-5-18-13(6-9)15-19-14(20-21-15)8-10-2-3-11(16)12(17)7-10/h2-3,7,9,13,18H,4-6,8H2,1H3. The van der Waals surface area contributed by atoms with Crippen molar-refractivity contribution in [2.75, 3.05) is 6.54 Å². The van der Waals surface area contributed by atoms with Crippen LogP contribution in [0.25, 0.3) is 0 Å². The second-order valence-corrected chi connectivity index (χ2v) is 6.42. The second-order valence-electron chi connectivity index (χ2n) is 5.61. The summed E-state index contributed by atoms with van der Waals surface area (Å²) in [6.07, 6.45) is 2.82. The van der Waals surface area contributed by atoms with Gasteiger partial charge >= 0.3 is 0 Å². The molecule has 1 N–H and O–H groups in total. The summed E-state index contributed by atoms with van der Waals surface area (Å²) in [5.41, 5.74) is 1.02. The minimum absolute atomic E-state index is 0.170. The first kappa shape index (κ1) is 14.8. The van der Waals surface area contributed by atoms with Crippen molar-refractivity contribution in [3.8, 4) is 0 Å². The molecule has 1 saturated heterocycles. The molecule has 1 aromatic carbocycles. The quantitative estimate of drug-likeness (QED) is 0.925. The van der Waals surface area contributed by atoms with E-state index in [2.05, 4.69) is 22.4 Å². The van der Waals surface area contributed by atoms with Crippen LogP contribution < -0.4 is 5.32 Å². The first-order valence-electron chi connectivity index (χ1n) is 7.11. The summed E-state index contributed by atoms with van der Waals surface area (Å²) in [6.45, 7) is 3.25. The topological polar surface area (TPSA) is 51.0 Å². The van der Waals surface area contributed by atoms with E-state index in [1.54, 1.807) is 6.07 Å². The molecule has 4 nitrogen and oxygen atoms in total. The minimum atomic E-state index is 0.170. The molecule has 0 spiro atoms. The maximum absolute atomic E-state index is 6.02. The SMILES string of the molecule is CC1CCNC(c2nc(Cc3ccc(Cl)c(Cl)c3)no2)C1. The average Bonchev–Trinajstić information content (AvgIpc) is 2.91. The molecule has 21 heavy (non-hydrogen) atoms. The Hall–Kier alpha value is -1.10. The van der Waals surface area contributed by atoms with E-state index in [4.69, 9.17) is 27.7 Å². The molecule has 1 fully saturated rings. The fourth-order valence-electron chi connectivity index (χ4n) is 2.61. The number of nitrogens with one attached hydrogen (secondary N) is 1. The van der Waals surface area contributed by atoms with E-state index in [0.29, 0.717) is 34.1 Å². The van der Waals surface area contributed by atoms with Crippen molar-refractivity contribution in [3.05, 3.63) is 45.5 Å². The first-order valence-corrected chi connectivity index (χ1v) is 7.87. The van der Waals surface area contributed by atoms with Gasteiger partial charge in [0.1, 0.15) is 0 Å². The van der Waals surface area contributed by atoms with Gasteiger partial charge in [-0.1, -0.05) is 41.3 Å². The Morgan fingerprint density at radius 1 is 1.33 bits per heavy atom. The summed E-state index contributed by atoms with van der Waals surface area (Å²) >= 11 is 11.9. The van der Waals surface area contributed by atoms with Crippen LogP contribution in [0.5, 0.6) is 0 Å². The molecule has 112 valence electrons. The third-order valence-corrected chi connectivity index (χ3v) is 4.53. The lowest BCUT2D eigenvalue weighted by Gasteiger charge is -2.25. The number of rotatable bonds is 3. The van der Waals surface area contributed by atoms with Crippen LogP contribution in [0.4, 0.5) is 0 Å². The molecule has 1 aliphatic heterocycles. The molecular formula is C15H17Cl2N3O. The largest absolute Gasteiger partial charge is 0.338 e. The molecule has 3 rings (SSSR count). The van der Waals surface area contributed by atoms with Crippen LogP contribution in [-0.2, 0) is 6.42 Å². The van der Waals surface area contributed by atoms with Gasteiger partial charge in [-0.05, 0) is 43.0 Å². The molecule has 0 bridgehead atoms. The van der Waals surface area contributed by atoms with Gasteiger partial charge in [0.05, 0.1) is 16.1 Å². The van der Waals surface area contributed by atoms with Crippen LogP contribution >= 0.6 is 23.2 Å². The van der Waals surface area contributed by atoms with Gasteiger partial charge in [-0.25, -0.2) is 0 Å². The zero-order chi connectivity index (χ0) is 14.8. The normalized spacial score (nSPS) is 22.4. The number of benzene rings is 1. The van der Waals surface area contributed by atoms with Crippen LogP contribution in [0.2, 0.25) is 10.0 Å². The predicted octanol–water partition coefficient (Wildman–Crippen LogP) is 4.03. The molecule has 1 aliphatic rings. The van der Waals surface area contributed by atoms with Crippen molar-refractivity contribution < 1.29 is 4.52 Å². The van der Waals surface area contributed by atoms with Crippen LogP contribution in [0.15, 0.2) is 22.7 Å². The van der Waals surface area contributed by atoms with Crippen molar-refractivity contribution in [1.82, 2.24) is 15.5 Å². The van der Waals surface area contributed by atoms with Gasteiger partial charge in [0.2, 0.25) is 5.89 Å². The van der Waals surface area contributed by atoms with Crippen molar-refractivity contribution in [2.24, 2.45) is 5.92 Å². The zero-order valence-corrected chi connectivity index (χ0v) is 13.3. The molecule has 2 aromatic rings. The van der Waals surface area contributed by atoms with E-state index in [-0.39, 0.29) is 6.04 Å². The van der Waals surface area contributed by atoms with Crippen LogP contribution in [0.3, 0.4) is 0 Å². The molecule has 6 heteroatoms. The van der Waals surface area contributed by atoms with E-state index in [1.807, 2.05) is 12.1 Å². The number of hydrogen-bond acceptors (Lipinski definition) is 4. The monoisotopic (exact) mass is 325 g/mol. The fraction of sp³-hybridized carbons (Fsp3) is 0.467. The fourth-order valence-corrected chi connectivity index (χ4v) is 2.93. The molecule has 0 radical (unpaired) electrons. The van der Waals surface area contributed by atoms with Crippen molar-refractivity contribution in [3.63, 3.8) is 0 Å². The predicted molar refractivity (Wildman–Crippen MR) is 82.7 cm³/mol. The molecule has 0 amide bonds. The van der Waals surface area contributed by atoms with Gasteiger partial charge in [0.15, 0.2) is 5.82 Å². The highest BCUT2D eigenvalue weighted by Gasteiger charge is 2.24. The second kappa shape index (κ2) is 6.34. The van der Waals surface area contributed by atoms with Gasteiger partial charge in [-0.2, -0.15) is 4.98 Å². The first-order chi connectivity index (χ1) is 10.1. The summed E-state index contributed by atoms with van der Waals surface area (Å²) in [5, 5.41) is 8.58. The Kier molecular flexibility index (Phi) is 4.48. The van der Waals surface area contributed by atoms with Crippen LogP contribution in [0.1, 0.15) is 43.1 Å². The minimum Gasteiger partial charge on any atom is -0.338 e. The zero-order valence-electron chi connectivity index (χ0n) is 11.8. The molecule has 1 aromatic heterocycles. The van der Waals surface area contributed by atoms with Crippen LogP contribution in [0, 0.1) is 5.92 Å². The number of halogens is 2. The molecule has 0 saturated carbocycles. The van der Waals surface area contributed by atoms with Gasteiger partial charge in [-0.3, -0.25) is 0 Å². The molecule has 2 atom stereocenters. The van der Waals surface area contributed by atoms with E-state index < -0.39 is 0 Å². The Bertz CT molecular complexity index is 629. The van der Waals surface area contributed by atoms with E-state index in [1.165, 1.54) is 6.42 Å². The van der Waals surface area contributed by atoms with E-state index >= 15 is 0 Å². The van der Waals surface area contributed by atoms with Gasteiger partial charge in [0.25, 0.3) is 0 Å². The van der Waals surface area contributed by atoms with Crippen molar-refractivity contribution in [2.45, 2.75) is 32.2 Å². The summed E-state index contributed by atoms with van der Waals surface area (Å²) in [6, 6.07) is 5.71. The summed E-state index contributed by atoms with van der Waals surface area (Å²) in [4.78, 5) is 4.50. The molecular weight excluding hydrogens is 309 g/mol. The number of hydrogen-bond donors (Lipinski definition) is 1. The molecule has 2 unspecified atom stereocenters. The lowest BCUT2D eigenvalue weighted by molar-refractivity contribution is 0.259. The summed E-state index contributed by atoms with van der Waals surface area (Å²) < 4.78 is 5.40. The summed E-state index contributed by atoms with van der Waals surface area (Å²) in [7, 11) is 0. The highest BCUT2D eigenvalue weighted by Crippen LogP contribution is 2.27. The smallest absolute Gasteiger partial charge is 0.243 e. The highest BCUT2D eigenvalue weighted by molar-refractivity contribution is 6.42. The maximum atomic E-state index is 6.02. The van der Waals surface area contributed by atoms with Crippen molar-refractivity contribution in [1.29, 1.82) is 0 Å². The average molecular weight is 326 g/mol. The van der Waals surface area contributed by atoms with Gasteiger partial charge in [-0.15, -0.1) is 0 Å². The Balaban J connectivity index is 1.71. The van der Waals surface area contributed by atoms with Gasteiger partial charge in [0, 0.05) is 6.42 Å². The number of piperidine rings is 1. The number of nitrogens with zero attached hydrogens (tertiary/aromatic N) is 2. The lowest BCUT2D eigenvalue weighted by Crippen LogP contribution is -2.30. The van der Waals surface area contributed by atoms with Crippen LogP contribution in [-0.4, -0.2) is 16.7 Å². The summed E-state index contributed by atoms with van der Waals surface area (Å²) in [5.74, 6) is 2.03. The Labute approximate surface area is 133 Å². The Morgan fingerprint density at radius 3 is 2.95 bits per heavy atom. The van der Waals surface area contributed by atoms with Crippen molar-refractivity contribution >= 4 is 23.2 Å². The highest BCUT2D eigenvalue weighted by atomic mass is 35.5. The molecule has 0 aliphatic carbocycles. The third-order valence-electron chi connectivity index (χ3n) is 3.79. The maximum Gasteiger partial charge on any atom is 0.243 e. The number of aromatic nitrogens is 2. The van der Waals surface area contributed by atoms with E-state index in [0.717, 1.165) is 18.5 Å². The lowest BCUT2D eigenvalue weighted by atomic mass is 9.94.